The van der Waals surface area contributed by atoms with Gasteiger partial charge in [-0.3, -0.25) is 4.57 Å². The summed E-state index contributed by atoms with van der Waals surface area (Å²) >= 11 is 5.91. The van der Waals surface area contributed by atoms with Crippen LogP contribution in [0.4, 0.5) is 0 Å². The molecule has 0 saturated carbocycles. The highest BCUT2D eigenvalue weighted by molar-refractivity contribution is 6.16. The molecule has 5 heteroatoms. The maximum absolute atomic E-state index is 5.91. The van der Waals surface area contributed by atoms with Gasteiger partial charge < -0.3 is 4.74 Å². The monoisotopic (exact) mass is 265 g/mol. The molecule has 0 aliphatic rings. The molecule has 2 rings (SSSR count). The van der Waals surface area contributed by atoms with Crippen LogP contribution in [0.3, 0.4) is 0 Å². The summed E-state index contributed by atoms with van der Waals surface area (Å²) in [7, 11) is 1.65. The molecule has 1 heterocycles. The highest BCUT2D eigenvalue weighted by atomic mass is 35.5. The van der Waals surface area contributed by atoms with Crippen LogP contribution < -0.4 is 4.74 Å². The zero-order chi connectivity index (χ0) is 13.0. The van der Waals surface area contributed by atoms with Crippen LogP contribution in [0.2, 0.25) is 0 Å². The van der Waals surface area contributed by atoms with E-state index in [1.165, 1.54) is 0 Å². The lowest BCUT2D eigenvalue weighted by molar-refractivity contribution is 0.414. The molecular weight excluding hydrogens is 250 g/mol. The summed E-state index contributed by atoms with van der Waals surface area (Å²) in [5.41, 5.74) is 0.985. The highest BCUT2D eigenvalue weighted by Gasteiger charge is 2.12. The zero-order valence-electron chi connectivity index (χ0n) is 10.6. The standard InChI is InChI=1S/C13H16ClN3O/c1-3-5-12-15-16-13(9-14)17(12)10-6-4-7-11(8-10)18-2/h4,6-8H,3,5,9H2,1-2H3. The molecule has 4 nitrogen and oxygen atoms in total. The maximum Gasteiger partial charge on any atom is 0.152 e. The Morgan fingerprint density at radius 2 is 2.06 bits per heavy atom. The van der Waals surface area contributed by atoms with Crippen molar-refractivity contribution in [3.8, 4) is 11.4 Å². The van der Waals surface area contributed by atoms with Gasteiger partial charge in [0.05, 0.1) is 18.7 Å². The molecule has 0 unspecified atom stereocenters. The van der Waals surface area contributed by atoms with E-state index in [9.17, 15) is 0 Å². The fraction of sp³-hybridized carbons (Fsp3) is 0.385. The number of rotatable bonds is 5. The number of aryl methyl sites for hydroxylation is 1. The van der Waals surface area contributed by atoms with Gasteiger partial charge in [-0.15, -0.1) is 21.8 Å². The molecule has 0 saturated heterocycles. The number of halogens is 1. The number of aromatic nitrogens is 3. The molecule has 0 amide bonds. The molecule has 0 atom stereocenters. The van der Waals surface area contributed by atoms with E-state index in [0.717, 1.165) is 35.9 Å². The molecular formula is C13H16ClN3O. The number of ether oxygens (including phenoxy) is 1. The van der Waals surface area contributed by atoms with E-state index in [4.69, 9.17) is 16.3 Å². The molecule has 2 aromatic rings. The normalized spacial score (nSPS) is 10.6. The summed E-state index contributed by atoms with van der Waals surface area (Å²) in [4.78, 5) is 0. The molecule has 0 spiro atoms. The Bertz CT molecular complexity index is 525. The fourth-order valence-corrected chi connectivity index (χ4v) is 2.05. The third-order valence-electron chi connectivity index (χ3n) is 2.70. The summed E-state index contributed by atoms with van der Waals surface area (Å²) in [5.74, 6) is 2.84. The first kappa shape index (κ1) is 12.9. The quantitative estimate of drug-likeness (QED) is 0.781. The van der Waals surface area contributed by atoms with Gasteiger partial charge in [-0.05, 0) is 18.6 Å². The van der Waals surface area contributed by atoms with E-state index in [1.54, 1.807) is 7.11 Å². The first-order valence-electron chi connectivity index (χ1n) is 5.93. The average Bonchev–Trinajstić information content (AvgIpc) is 2.82. The molecule has 18 heavy (non-hydrogen) atoms. The first-order valence-corrected chi connectivity index (χ1v) is 6.47. The Labute approximate surface area is 112 Å². The lowest BCUT2D eigenvalue weighted by Gasteiger charge is -2.10. The second kappa shape index (κ2) is 5.87. The van der Waals surface area contributed by atoms with Crippen molar-refractivity contribution in [1.82, 2.24) is 14.8 Å². The Morgan fingerprint density at radius 1 is 1.28 bits per heavy atom. The van der Waals surface area contributed by atoms with E-state index in [0.29, 0.717) is 5.88 Å². The molecule has 0 N–H and O–H groups in total. The summed E-state index contributed by atoms with van der Waals surface area (Å²) in [6.45, 7) is 2.12. The van der Waals surface area contributed by atoms with Gasteiger partial charge >= 0.3 is 0 Å². The number of benzene rings is 1. The fourth-order valence-electron chi connectivity index (χ4n) is 1.87. The summed E-state index contributed by atoms with van der Waals surface area (Å²) in [5, 5.41) is 8.32. The van der Waals surface area contributed by atoms with Crippen molar-refractivity contribution >= 4 is 11.6 Å². The van der Waals surface area contributed by atoms with E-state index in [1.807, 2.05) is 28.8 Å². The third kappa shape index (κ3) is 2.48. The first-order chi connectivity index (χ1) is 8.80. The summed E-state index contributed by atoms with van der Waals surface area (Å²) in [6.07, 6.45) is 1.89. The van der Waals surface area contributed by atoms with Crippen LogP contribution in [0, 0.1) is 0 Å². The Morgan fingerprint density at radius 3 is 2.72 bits per heavy atom. The molecule has 0 aliphatic heterocycles. The predicted octanol–water partition coefficient (Wildman–Crippen LogP) is 2.97. The van der Waals surface area contributed by atoms with Gasteiger partial charge in [0, 0.05) is 12.5 Å². The van der Waals surface area contributed by atoms with Gasteiger partial charge in [0.15, 0.2) is 5.82 Å². The van der Waals surface area contributed by atoms with Gasteiger partial charge in [0.1, 0.15) is 11.6 Å². The highest BCUT2D eigenvalue weighted by Crippen LogP contribution is 2.20. The van der Waals surface area contributed by atoms with Gasteiger partial charge in [-0.25, -0.2) is 0 Å². The third-order valence-corrected chi connectivity index (χ3v) is 2.94. The largest absolute Gasteiger partial charge is 0.497 e. The van der Waals surface area contributed by atoms with Crippen molar-refractivity contribution in [2.24, 2.45) is 0 Å². The molecule has 96 valence electrons. The SMILES string of the molecule is CCCc1nnc(CCl)n1-c1cccc(OC)c1. The van der Waals surface area contributed by atoms with Crippen LogP contribution in [0.25, 0.3) is 5.69 Å². The molecule has 1 aromatic carbocycles. The van der Waals surface area contributed by atoms with Crippen LogP contribution in [0.1, 0.15) is 25.0 Å². The van der Waals surface area contributed by atoms with Gasteiger partial charge in [-0.1, -0.05) is 13.0 Å². The predicted molar refractivity (Wildman–Crippen MR) is 71.5 cm³/mol. The topological polar surface area (TPSA) is 39.9 Å². The van der Waals surface area contributed by atoms with E-state index >= 15 is 0 Å². The number of hydrogen-bond donors (Lipinski definition) is 0. The van der Waals surface area contributed by atoms with Crippen molar-refractivity contribution in [2.75, 3.05) is 7.11 Å². The minimum Gasteiger partial charge on any atom is -0.497 e. The number of nitrogens with zero attached hydrogens (tertiary/aromatic N) is 3. The summed E-state index contributed by atoms with van der Waals surface area (Å²) in [6, 6.07) is 7.81. The molecule has 1 aromatic heterocycles. The van der Waals surface area contributed by atoms with Gasteiger partial charge in [0.25, 0.3) is 0 Å². The van der Waals surface area contributed by atoms with Crippen molar-refractivity contribution in [3.63, 3.8) is 0 Å². The Hall–Kier alpha value is -1.55. The van der Waals surface area contributed by atoms with Crippen LogP contribution >= 0.6 is 11.6 Å². The minimum absolute atomic E-state index is 0.341. The molecule has 0 aliphatic carbocycles. The zero-order valence-corrected chi connectivity index (χ0v) is 11.3. The van der Waals surface area contributed by atoms with E-state index in [-0.39, 0.29) is 0 Å². The van der Waals surface area contributed by atoms with Crippen LogP contribution in [-0.4, -0.2) is 21.9 Å². The van der Waals surface area contributed by atoms with Crippen LogP contribution in [-0.2, 0) is 12.3 Å². The molecule has 0 fully saturated rings. The number of methoxy groups -OCH3 is 1. The van der Waals surface area contributed by atoms with Gasteiger partial charge in [0.2, 0.25) is 0 Å². The number of hydrogen-bond acceptors (Lipinski definition) is 3. The molecule has 0 radical (unpaired) electrons. The lowest BCUT2D eigenvalue weighted by Crippen LogP contribution is -2.04. The second-order valence-corrected chi connectivity index (χ2v) is 4.22. The van der Waals surface area contributed by atoms with Crippen molar-refractivity contribution in [3.05, 3.63) is 35.9 Å². The van der Waals surface area contributed by atoms with E-state index in [2.05, 4.69) is 17.1 Å². The van der Waals surface area contributed by atoms with Crippen molar-refractivity contribution in [1.29, 1.82) is 0 Å². The minimum atomic E-state index is 0.341. The van der Waals surface area contributed by atoms with Crippen LogP contribution in [0.15, 0.2) is 24.3 Å². The van der Waals surface area contributed by atoms with E-state index < -0.39 is 0 Å². The Balaban J connectivity index is 2.49. The Kier molecular flexibility index (Phi) is 4.20. The maximum atomic E-state index is 5.91. The lowest BCUT2D eigenvalue weighted by atomic mass is 10.2. The second-order valence-electron chi connectivity index (χ2n) is 3.95. The number of alkyl halides is 1. The molecule has 0 bridgehead atoms. The van der Waals surface area contributed by atoms with Crippen molar-refractivity contribution in [2.45, 2.75) is 25.6 Å². The van der Waals surface area contributed by atoms with Gasteiger partial charge in [-0.2, -0.15) is 0 Å². The average molecular weight is 266 g/mol. The van der Waals surface area contributed by atoms with Crippen molar-refractivity contribution < 1.29 is 4.74 Å². The summed E-state index contributed by atoms with van der Waals surface area (Å²) < 4.78 is 7.24. The van der Waals surface area contributed by atoms with Crippen LogP contribution in [0.5, 0.6) is 5.75 Å². The smallest absolute Gasteiger partial charge is 0.152 e.